The van der Waals surface area contributed by atoms with Crippen LogP contribution in [0.4, 0.5) is 0 Å². The molecule has 22 heavy (non-hydrogen) atoms. The zero-order valence-corrected chi connectivity index (χ0v) is 15.1. The van der Waals surface area contributed by atoms with E-state index >= 15 is 0 Å². The van der Waals surface area contributed by atoms with Gasteiger partial charge in [-0.25, -0.2) is 0 Å². The Hall–Kier alpha value is -1.22. The minimum absolute atomic E-state index is 0.0524. The van der Waals surface area contributed by atoms with Crippen LogP contribution in [0.15, 0.2) is 47.9 Å². The van der Waals surface area contributed by atoms with Crippen LogP contribution < -0.4 is 0 Å². The van der Waals surface area contributed by atoms with E-state index in [4.69, 9.17) is 4.74 Å². The number of ether oxygens (including phenoxy) is 1. The fourth-order valence-corrected chi connectivity index (χ4v) is 3.47. The molecule has 1 rings (SSSR count). The van der Waals surface area contributed by atoms with Crippen LogP contribution in [0.3, 0.4) is 0 Å². The van der Waals surface area contributed by atoms with Crippen LogP contribution in [-0.4, -0.2) is 17.3 Å². The van der Waals surface area contributed by atoms with Crippen molar-refractivity contribution in [2.75, 3.05) is 0 Å². The summed E-state index contributed by atoms with van der Waals surface area (Å²) < 4.78 is 5.82. The van der Waals surface area contributed by atoms with Gasteiger partial charge in [0.2, 0.25) is 0 Å². The summed E-state index contributed by atoms with van der Waals surface area (Å²) >= 11 is 1.55. The lowest BCUT2D eigenvalue weighted by Crippen LogP contribution is -2.35. The molecule has 0 spiro atoms. The number of rotatable bonds is 8. The highest BCUT2D eigenvalue weighted by Gasteiger charge is 2.30. The minimum atomic E-state index is -0.264. The molecule has 122 valence electrons. The predicted octanol–water partition coefficient (Wildman–Crippen LogP) is 5.19. The first-order chi connectivity index (χ1) is 10.4. The number of hydrogen-bond donors (Lipinski definition) is 0. The quantitative estimate of drug-likeness (QED) is 0.374. The molecule has 0 aliphatic rings. The summed E-state index contributed by atoms with van der Waals surface area (Å²) in [5.74, 6) is 0.530. The fraction of sp³-hybridized carbons (Fsp3) is 0.526. The van der Waals surface area contributed by atoms with Gasteiger partial charge < -0.3 is 4.74 Å². The molecular formula is C19H28O2S. The topological polar surface area (TPSA) is 26.3 Å². The van der Waals surface area contributed by atoms with E-state index in [0.717, 1.165) is 4.90 Å². The Morgan fingerprint density at radius 2 is 1.64 bits per heavy atom. The van der Waals surface area contributed by atoms with Gasteiger partial charge in [-0.05, 0) is 29.9 Å². The molecule has 0 aromatic heterocycles. The lowest BCUT2D eigenvalue weighted by Gasteiger charge is -2.28. The lowest BCUT2D eigenvalue weighted by atomic mass is 9.96. The first-order valence-corrected chi connectivity index (χ1v) is 8.79. The predicted molar refractivity (Wildman–Crippen MR) is 95.0 cm³/mol. The van der Waals surface area contributed by atoms with Gasteiger partial charge in [-0.15, -0.1) is 18.3 Å². The van der Waals surface area contributed by atoms with Crippen molar-refractivity contribution in [1.82, 2.24) is 0 Å². The number of benzene rings is 1. The molecule has 0 radical (unpaired) electrons. The van der Waals surface area contributed by atoms with E-state index in [1.807, 2.05) is 43.3 Å². The van der Waals surface area contributed by atoms with Crippen LogP contribution in [-0.2, 0) is 9.53 Å². The van der Waals surface area contributed by atoms with Gasteiger partial charge in [-0.3, -0.25) is 4.79 Å². The van der Waals surface area contributed by atoms with Crippen LogP contribution >= 0.6 is 11.8 Å². The second-order valence-electron chi connectivity index (χ2n) is 6.34. The van der Waals surface area contributed by atoms with Crippen LogP contribution in [0.5, 0.6) is 0 Å². The smallest absolute Gasteiger partial charge is 0.320 e. The van der Waals surface area contributed by atoms with E-state index in [2.05, 4.69) is 34.3 Å². The number of esters is 1. The van der Waals surface area contributed by atoms with Gasteiger partial charge in [0.25, 0.3) is 0 Å². The van der Waals surface area contributed by atoms with E-state index < -0.39 is 0 Å². The van der Waals surface area contributed by atoms with Crippen LogP contribution in [0.2, 0.25) is 0 Å². The van der Waals surface area contributed by atoms with Crippen molar-refractivity contribution < 1.29 is 9.53 Å². The molecule has 1 aromatic carbocycles. The molecule has 0 bridgehead atoms. The molecule has 0 fully saturated rings. The molecule has 1 aromatic rings. The van der Waals surface area contributed by atoms with Crippen LogP contribution in [0, 0.1) is 17.8 Å². The van der Waals surface area contributed by atoms with Crippen molar-refractivity contribution >= 4 is 17.7 Å². The van der Waals surface area contributed by atoms with Gasteiger partial charge in [-0.2, -0.15) is 0 Å². The third-order valence-electron chi connectivity index (χ3n) is 3.65. The molecule has 0 N–H and O–H groups in total. The largest absolute Gasteiger partial charge is 0.461 e. The van der Waals surface area contributed by atoms with Gasteiger partial charge >= 0.3 is 5.97 Å². The zero-order chi connectivity index (χ0) is 16.7. The van der Waals surface area contributed by atoms with E-state index in [1.54, 1.807) is 11.8 Å². The number of hydrogen-bond acceptors (Lipinski definition) is 3. The first kappa shape index (κ1) is 18.8. The van der Waals surface area contributed by atoms with Gasteiger partial charge in [0.05, 0.1) is 0 Å². The van der Waals surface area contributed by atoms with E-state index in [9.17, 15) is 4.79 Å². The van der Waals surface area contributed by atoms with E-state index in [-0.39, 0.29) is 23.2 Å². The molecule has 0 aliphatic heterocycles. The Balaban J connectivity index is 2.87. The molecule has 0 saturated carbocycles. The SMILES string of the molecule is C=C[C@@H](C)[C@@H](Sc1ccccc1)C(=O)OC(C(C)C)C(C)C. The molecule has 0 aliphatic carbocycles. The molecule has 0 unspecified atom stereocenters. The van der Waals surface area contributed by atoms with Gasteiger partial charge in [-0.1, -0.05) is 58.9 Å². The maximum absolute atomic E-state index is 12.7. The molecule has 0 heterocycles. The summed E-state index contributed by atoms with van der Waals surface area (Å²) in [7, 11) is 0. The first-order valence-electron chi connectivity index (χ1n) is 7.91. The Kier molecular flexibility index (Phi) is 7.74. The van der Waals surface area contributed by atoms with Crippen molar-refractivity contribution in [3.8, 4) is 0 Å². The monoisotopic (exact) mass is 320 g/mol. The lowest BCUT2D eigenvalue weighted by molar-refractivity contribution is -0.153. The molecule has 2 atom stereocenters. The average molecular weight is 320 g/mol. The second kappa shape index (κ2) is 9.04. The maximum atomic E-state index is 12.7. The van der Waals surface area contributed by atoms with E-state index in [0.29, 0.717) is 11.8 Å². The standard InChI is InChI=1S/C19H28O2S/c1-7-15(6)18(22-16-11-9-8-10-12-16)19(20)21-17(13(2)3)14(4)5/h7-15,17-18H,1H2,2-6H3/t15-,18-/m1/s1. The summed E-state index contributed by atoms with van der Waals surface area (Å²) in [5, 5.41) is -0.264. The summed E-state index contributed by atoms with van der Waals surface area (Å²) in [6.07, 6.45) is 1.77. The number of carbonyl (C=O) groups excluding carboxylic acids is 1. The summed E-state index contributed by atoms with van der Waals surface area (Å²) in [5.41, 5.74) is 0. The number of carbonyl (C=O) groups is 1. The fourth-order valence-electron chi connectivity index (χ4n) is 2.38. The second-order valence-corrected chi connectivity index (χ2v) is 7.55. The van der Waals surface area contributed by atoms with Crippen molar-refractivity contribution in [1.29, 1.82) is 0 Å². The van der Waals surface area contributed by atoms with Crippen LogP contribution in [0.25, 0.3) is 0 Å². The average Bonchev–Trinajstić information content (AvgIpc) is 2.49. The molecule has 2 nitrogen and oxygen atoms in total. The van der Waals surface area contributed by atoms with Crippen molar-refractivity contribution in [2.24, 2.45) is 17.8 Å². The summed E-state index contributed by atoms with van der Waals surface area (Å²) in [6, 6.07) is 9.97. The van der Waals surface area contributed by atoms with Gasteiger partial charge in [0, 0.05) is 4.90 Å². The highest BCUT2D eigenvalue weighted by atomic mass is 32.2. The molecule has 0 saturated heterocycles. The highest BCUT2D eigenvalue weighted by molar-refractivity contribution is 8.00. The summed E-state index contributed by atoms with van der Waals surface area (Å²) in [4.78, 5) is 13.7. The normalized spacial score (nSPS) is 14.2. The van der Waals surface area contributed by atoms with Crippen molar-refractivity contribution in [2.45, 2.75) is 50.9 Å². The van der Waals surface area contributed by atoms with Crippen molar-refractivity contribution in [3.05, 3.63) is 43.0 Å². The van der Waals surface area contributed by atoms with Gasteiger partial charge in [0.15, 0.2) is 0 Å². The highest BCUT2D eigenvalue weighted by Crippen LogP contribution is 2.31. The van der Waals surface area contributed by atoms with Crippen molar-refractivity contribution in [3.63, 3.8) is 0 Å². The summed E-state index contributed by atoms with van der Waals surface area (Å²) in [6.45, 7) is 14.2. The van der Waals surface area contributed by atoms with E-state index in [1.165, 1.54) is 0 Å². The zero-order valence-electron chi connectivity index (χ0n) is 14.3. The number of allylic oxidation sites excluding steroid dienone is 1. The Labute approximate surface area is 139 Å². The third kappa shape index (κ3) is 5.53. The maximum Gasteiger partial charge on any atom is 0.320 e. The molecule has 3 heteroatoms. The molecule has 0 amide bonds. The van der Waals surface area contributed by atoms with Gasteiger partial charge in [0.1, 0.15) is 11.4 Å². The minimum Gasteiger partial charge on any atom is -0.461 e. The third-order valence-corrected chi connectivity index (χ3v) is 5.07. The molecular weight excluding hydrogens is 292 g/mol. The Bertz CT molecular complexity index is 460. The number of thioether (sulfide) groups is 1. The van der Waals surface area contributed by atoms with Crippen LogP contribution in [0.1, 0.15) is 34.6 Å². The Morgan fingerprint density at radius 3 is 2.09 bits per heavy atom. The Morgan fingerprint density at radius 1 is 1.09 bits per heavy atom.